The summed E-state index contributed by atoms with van der Waals surface area (Å²) in [5.74, 6) is 4.27. The molecule has 0 heterocycles. The van der Waals surface area contributed by atoms with E-state index in [0.29, 0.717) is 5.02 Å². The molecule has 7 heteroatoms. The van der Waals surface area contributed by atoms with E-state index >= 15 is 0 Å². The summed E-state index contributed by atoms with van der Waals surface area (Å²) in [6, 6.07) is 13.1. The van der Waals surface area contributed by atoms with Gasteiger partial charge in [-0.2, -0.15) is 0 Å². The molecule has 0 saturated carbocycles. The van der Waals surface area contributed by atoms with Gasteiger partial charge in [0.25, 0.3) is 0 Å². The Morgan fingerprint density at radius 1 is 1.15 bits per heavy atom. The van der Waals surface area contributed by atoms with E-state index in [0.717, 1.165) is 11.1 Å². The summed E-state index contributed by atoms with van der Waals surface area (Å²) in [4.78, 5) is 11.4. The van der Waals surface area contributed by atoms with Gasteiger partial charge in [0.1, 0.15) is 6.61 Å². The van der Waals surface area contributed by atoms with Gasteiger partial charge >= 0.3 is 5.97 Å². The maximum Gasteiger partial charge on any atom is 0.322 e. The van der Waals surface area contributed by atoms with Gasteiger partial charge in [-0.1, -0.05) is 41.1 Å². The highest BCUT2D eigenvalue weighted by atomic mass is 35.5. The highest BCUT2D eigenvalue weighted by Gasteiger charge is 2.33. The first kappa shape index (κ1) is 21.0. The fourth-order valence-electron chi connectivity index (χ4n) is 2.29. The van der Waals surface area contributed by atoms with Gasteiger partial charge < -0.3 is 9.84 Å². The normalized spacial score (nSPS) is 12.1. The Labute approximate surface area is 163 Å². The van der Waals surface area contributed by atoms with E-state index in [1.165, 1.54) is 12.1 Å². The van der Waals surface area contributed by atoms with Crippen LogP contribution in [0.5, 0.6) is 0 Å². The smallest absolute Gasteiger partial charge is 0.322 e. The Hall–Kier alpha value is -2.33. The molecule has 0 fully saturated rings. The number of halogens is 1. The third-order valence-electron chi connectivity index (χ3n) is 3.78. The summed E-state index contributed by atoms with van der Waals surface area (Å²) in [6.07, 6.45) is -0.159. The number of sulfone groups is 1. The van der Waals surface area contributed by atoms with E-state index < -0.39 is 21.1 Å². The second-order valence-electron chi connectivity index (χ2n) is 5.83. The van der Waals surface area contributed by atoms with Crippen LogP contribution in [0.25, 0.3) is 0 Å². The predicted octanol–water partition coefficient (Wildman–Crippen LogP) is 3.33. The number of carboxylic acids is 1. The molecule has 1 N–H and O–H groups in total. The fraction of sp³-hybridized carbons (Fsp3) is 0.250. The fourth-order valence-corrected chi connectivity index (χ4v) is 3.93. The Morgan fingerprint density at radius 3 is 2.37 bits per heavy atom. The third-order valence-corrected chi connectivity index (χ3v) is 6.14. The zero-order chi connectivity index (χ0) is 19.9. The topological polar surface area (TPSA) is 80.7 Å². The van der Waals surface area contributed by atoms with E-state index in [9.17, 15) is 18.3 Å². The molecule has 142 valence electrons. The maximum absolute atomic E-state index is 12.5. The second-order valence-corrected chi connectivity index (χ2v) is 8.40. The van der Waals surface area contributed by atoms with Crippen molar-refractivity contribution in [3.8, 4) is 11.8 Å². The van der Waals surface area contributed by atoms with Crippen molar-refractivity contribution < 1.29 is 23.1 Å². The number of aryl methyl sites for hydroxylation is 1. The Kier molecular flexibility index (Phi) is 7.43. The minimum absolute atomic E-state index is 0.0111. The standard InChI is InChI=1S/C20H19ClO5S/c1-15-4-10-18(11-5-15)27(24,25)19(20(22)23)12-14-26-13-2-3-16-6-8-17(21)9-7-16/h4-11,19H,12-14H2,1H3,(H,22,23). The van der Waals surface area contributed by atoms with Crippen molar-refractivity contribution >= 4 is 27.4 Å². The number of benzene rings is 2. The van der Waals surface area contributed by atoms with Crippen LogP contribution < -0.4 is 0 Å². The van der Waals surface area contributed by atoms with Crippen molar-refractivity contribution in [3.05, 3.63) is 64.7 Å². The summed E-state index contributed by atoms with van der Waals surface area (Å²) >= 11 is 5.79. The molecule has 2 aromatic carbocycles. The van der Waals surface area contributed by atoms with E-state index in [1.807, 2.05) is 6.92 Å². The van der Waals surface area contributed by atoms with Crippen LogP contribution in [0.15, 0.2) is 53.4 Å². The van der Waals surface area contributed by atoms with Crippen molar-refractivity contribution in [3.63, 3.8) is 0 Å². The van der Waals surface area contributed by atoms with Gasteiger partial charge in [0.05, 0.1) is 4.90 Å². The number of hydrogen-bond acceptors (Lipinski definition) is 4. The number of carbonyl (C=O) groups is 1. The molecule has 0 aliphatic rings. The molecule has 0 aliphatic heterocycles. The largest absolute Gasteiger partial charge is 0.480 e. The minimum Gasteiger partial charge on any atom is -0.480 e. The Balaban J connectivity index is 1.92. The number of carboxylic acid groups (broad SMARTS) is 1. The molecule has 0 bridgehead atoms. The van der Waals surface area contributed by atoms with Crippen molar-refractivity contribution in [1.29, 1.82) is 0 Å². The summed E-state index contributed by atoms with van der Waals surface area (Å²) in [5.41, 5.74) is 1.66. The van der Waals surface area contributed by atoms with Crippen LogP contribution in [0.3, 0.4) is 0 Å². The lowest BCUT2D eigenvalue weighted by molar-refractivity contribution is -0.136. The van der Waals surface area contributed by atoms with Gasteiger partial charge in [-0.05, 0) is 49.7 Å². The minimum atomic E-state index is -3.98. The zero-order valence-electron chi connectivity index (χ0n) is 14.7. The molecule has 2 rings (SSSR count). The molecule has 0 amide bonds. The molecule has 0 spiro atoms. The lowest BCUT2D eigenvalue weighted by atomic mass is 10.2. The van der Waals surface area contributed by atoms with E-state index in [2.05, 4.69) is 11.8 Å². The maximum atomic E-state index is 12.5. The zero-order valence-corrected chi connectivity index (χ0v) is 16.3. The van der Waals surface area contributed by atoms with Crippen LogP contribution in [-0.4, -0.2) is 38.0 Å². The molecule has 2 aromatic rings. The van der Waals surface area contributed by atoms with Crippen molar-refractivity contribution in [2.45, 2.75) is 23.5 Å². The molecule has 5 nitrogen and oxygen atoms in total. The van der Waals surface area contributed by atoms with Crippen LogP contribution in [0.4, 0.5) is 0 Å². The molecule has 0 aliphatic carbocycles. The average molecular weight is 407 g/mol. The highest BCUT2D eigenvalue weighted by Crippen LogP contribution is 2.19. The van der Waals surface area contributed by atoms with Crippen LogP contribution in [0.2, 0.25) is 5.02 Å². The van der Waals surface area contributed by atoms with Gasteiger partial charge in [0.2, 0.25) is 0 Å². The number of rotatable bonds is 7. The molecular weight excluding hydrogens is 388 g/mol. The van der Waals surface area contributed by atoms with Crippen LogP contribution in [-0.2, 0) is 19.4 Å². The van der Waals surface area contributed by atoms with Gasteiger partial charge in [-0.3, -0.25) is 4.79 Å². The third kappa shape index (κ3) is 6.10. The number of ether oxygens (including phenoxy) is 1. The van der Waals surface area contributed by atoms with Gasteiger partial charge in [-0.15, -0.1) is 0 Å². The summed E-state index contributed by atoms with van der Waals surface area (Å²) in [6.45, 7) is 1.86. The SMILES string of the molecule is Cc1ccc(S(=O)(=O)C(CCOCC#Cc2ccc(Cl)cc2)C(=O)O)cc1. The van der Waals surface area contributed by atoms with Gasteiger partial charge in [0.15, 0.2) is 15.1 Å². The lowest BCUT2D eigenvalue weighted by Crippen LogP contribution is -2.31. The molecule has 0 aromatic heterocycles. The Morgan fingerprint density at radius 2 is 1.78 bits per heavy atom. The predicted molar refractivity (Wildman–Crippen MR) is 104 cm³/mol. The first-order valence-corrected chi connectivity index (χ1v) is 10.1. The number of aliphatic carboxylic acids is 1. The summed E-state index contributed by atoms with van der Waals surface area (Å²) in [7, 11) is -3.98. The summed E-state index contributed by atoms with van der Waals surface area (Å²) in [5, 5.41) is 8.38. The average Bonchev–Trinajstić information content (AvgIpc) is 2.62. The molecular formula is C20H19ClO5S. The van der Waals surface area contributed by atoms with Gasteiger partial charge in [0, 0.05) is 17.2 Å². The van der Waals surface area contributed by atoms with Gasteiger partial charge in [-0.25, -0.2) is 8.42 Å². The Bertz CT molecular complexity index is 939. The van der Waals surface area contributed by atoms with Crippen LogP contribution in [0.1, 0.15) is 17.5 Å². The van der Waals surface area contributed by atoms with Crippen molar-refractivity contribution in [2.24, 2.45) is 0 Å². The van der Waals surface area contributed by atoms with Crippen molar-refractivity contribution in [2.75, 3.05) is 13.2 Å². The van der Waals surface area contributed by atoms with E-state index in [1.54, 1.807) is 36.4 Å². The van der Waals surface area contributed by atoms with Crippen LogP contribution in [0, 0.1) is 18.8 Å². The van der Waals surface area contributed by atoms with E-state index in [4.69, 9.17) is 16.3 Å². The highest BCUT2D eigenvalue weighted by molar-refractivity contribution is 7.92. The lowest BCUT2D eigenvalue weighted by Gasteiger charge is -2.13. The van der Waals surface area contributed by atoms with E-state index in [-0.39, 0.29) is 24.5 Å². The first-order valence-electron chi connectivity index (χ1n) is 8.16. The number of hydrogen-bond donors (Lipinski definition) is 1. The second kappa shape index (κ2) is 9.56. The molecule has 0 radical (unpaired) electrons. The summed E-state index contributed by atoms with van der Waals surface area (Å²) < 4.78 is 30.4. The molecule has 1 atom stereocenters. The van der Waals surface area contributed by atoms with Crippen molar-refractivity contribution in [1.82, 2.24) is 0 Å². The first-order chi connectivity index (χ1) is 12.8. The monoisotopic (exact) mass is 406 g/mol. The molecule has 0 saturated heterocycles. The molecule has 1 unspecified atom stereocenters. The quantitative estimate of drug-likeness (QED) is 0.563. The van der Waals surface area contributed by atoms with Crippen LogP contribution >= 0.6 is 11.6 Å². The molecule has 27 heavy (non-hydrogen) atoms.